The number of benzene rings is 8. The van der Waals surface area contributed by atoms with Gasteiger partial charge in [0.25, 0.3) is 0 Å². The van der Waals surface area contributed by atoms with E-state index in [0.29, 0.717) is 17.5 Å². The Kier molecular flexibility index (Phi) is 6.73. The van der Waals surface area contributed by atoms with Gasteiger partial charge in [-0.05, 0) is 62.4 Å². The minimum atomic E-state index is -0.540. The number of hydrogen-bond acceptors (Lipinski definition) is 4. The maximum Gasteiger partial charge on any atom is 0.164 e. The third kappa shape index (κ3) is 4.53. The Hall–Kier alpha value is -7.17. The Morgan fingerprint density at radius 2 is 0.944 bits per heavy atom. The van der Waals surface area contributed by atoms with Gasteiger partial charge in [-0.25, -0.2) is 15.0 Å². The zero-order valence-corrected chi connectivity index (χ0v) is 29.1. The van der Waals surface area contributed by atoms with Gasteiger partial charge >= 0.3 is 0 Å². The van der Waals surface area contributed by atoms with Gasteiger partial charge in [0.1, 0.15) is 11.2 Å². The molecule has 1 aliphatic rings. The van der Waals surface area contributed by atoms with E-state index in [9.17, 15) is 0 Å². The molecule has 252 valence electrons. The van der Waals surface area contributed by atoms with Crippen molar-refractivity contribution in [2.24, 2.45) is 0 Å². The molecular weight excluding hydrogens is 659 g/mol. The summed E-state index contributed by atoms with van der Waals surface area (Å²) < 4.78 is 6.80. The van der Waals surface area contributed by atoms with E-state index < -0.39 is 5.41 Å². The lowest BCUT2D eigenvalue weighted by atomic mass is 9.67. The summed E-state index contributed by atoms with van der Waals surface area (Å²) in [5, 5.41) is 4.62. The number of rotatable bonds is 5. The van der Waals surface area contributed by atoms with Gasteiger partial charge in [0, 0.05) is 27.5 Å². The van der Waals surface area contributed by atoms with Gasteiger partial charge in [0.2, 0.25) is 0 Å². The van der Waals surface area contributed by atoms with E-state index in [4.69, 9.17) is 19.4 Å². The van der Waals surface area contributed by atoms with E-state index >= 15 is 0 Å². The van der Waals surface area contributed by atoms with E-state index in [2.05, 4.69) is 127 Å². The summed E-state index contributed by atoms with van der Waals surface area (Å²) in [6.07, 6.45) is 0. The molecule has 0 fully saturated rings. The first-order chi connectivity index (χ1) is 26.8. The first kappa shape index (κ1) is 30.5. The van der Waals surface area contributed by atoms with Crippen molar-refractivity contribution in [1.82, 2.24) is 15.0 Å². The van der Waals surface area contributed by atoms with Crippen molar-refractivity contribution in [2.45, 2.75) is 5.41 Å². The molecule has 0 radical (unpaired) electrons. The molecule has 0 bridgehead atoms. The zero-order chi connectivity index (χ0) is 35.6. The highest BCUT2D eigenvalue weighted by molar-refractivity contribution is 6.07. The lowest BCUT2D eigenvalue weighted by Crippen LogP contribution is -2.28. The minimum absolute atomic E-state index is 0.540. The second-order valence-electron chi connectivity index (χ2n) is 13.9. The highest BCUT2D eigenvalue weighted by Crippen LogP contribution is 2.58. The van der Waals surface area contributed by atoms with Crippen LogP contribution < -0.4 is 0 Å². The molecule has 2 heterocycles. The van der Waals surface area contributed by atoms with Crippen molar-refractivity contribution >= 4 is 32.7 Å². The van der Waals surface area contributed by atoms with Gasteiger partial charge in [0.05, 0.1) is 5.41 Å². The molecule has 11 rings (SSSR count). The van der Waals surface area contributed by atoms with Crippen LogP contribution >= 0.6 is 0 Å². The summed E-state index contributed by atoms with van der Waals surface area (Å²) in [5.41, 5.74) is 11.3. The number of aromatic nitrogens is 3. The number of hydrogen-bond donors (Lipinski definition) is 0. The Balaban J connectivity index is 1.11. The predicted octanol–water partition coefficient (Wildman–Crippen LogP) is 12.3. The van der Waals surface area contributed by atoms with Crippen molar-refractivity contribution in [3.8, 4) is 45.3 Å². The minimum Gasteiger partial charge on any atom is -0.456 e. The van der Waals surface area contributed by atoms with Crippen molar-refractivity contribution in [3.63, 3.8) is 0 Å². The van der Waals surface area contributed by atoms with E-state index in [1.165, 1.54) is 44.2 Å². The summed E-state index contributed by atoms with van der Waals surface area (Å²) in [6.45, 7) is 0. The third-order valence-corrected chi connectivity index (χ3v) is 11.0. The third-order valence-electron chi connectivity index (χ3n) is 11.0. The average Bonchev–Trinajstić information content (AvgIpc) is 3.77. The molecule has 2 aromatic heterocycles. The van der Waals surface area contributed by atoms with Gasteiger partial charge in [-0.1, -0.05) is 170 Å². The molecule has 1 aliphatic carbocycles. The molecule has 4 nitrogen and oxygen atoms in total. The molecule has 0 amide bonds. The lowest BCUT2D eigenvalue weighted by Gasteiger charge is -2.33. The maximum absolute atomic E-state index is 6.80. The highest BCUT2D eigenvalue weighted by Gasteiger charge is 2.46. The summed E-state index contributed by atoms with van der Waals surface area (Å²) in [6, 6.07) is 66.3. The van der Waals surface area contributed by atoms with Crippen LogP contribution in [0.4, 0.5) is 0 Å². The van der Waals surface area contributed by atoms with Crippen LogP contribution in [0.3, 0.4) is 0 Å². The Morgan fingerprint density at radius 3 is 1.67 bits per heavy atom. The maximum atomic E-state index is 6.80. The van der Waals surface area contributed by atoms with Gasteiger partial charge in [-0.3, -0.25) is 0 Å². The van der Waals surface area contributed by atoms with Crippen LogP contribution in [0.5, 0.6) is 0 Å². The van der Waals surface area contributed by atoms with Crippen LogP contribution in [0.25, 0.3) is 78.0 Å². The van der Waals surface area contributed by atoms with Crippen molar-refractivity contribution in [3.05, 3.63) is 210 Å². The van der Waals surface area contributed by atoms with Crippen molar-refractivity contribution in [1.29, 1.82) is 0 Å². The van der Waals surface area contributed by atoms with E-state index in [1.807, 2.05) is 60.7 Å². The number of nitrogens with zero attached hydrogens (tertiary/aromatic N) is 3. The van der Waals surface area contributed by atoms with Crippen LogP contribution in [0, 0.1) is 0 Å². The van der Waals surface area contributed by atoms with E-state index in [0.717, 1.165) is 38.6 Å². The number of furan rings is 1. The fourth-order valence-corrected chi connectivity index (χ4v) is 8.61. The zero-order valence-electron chi connectivity index (χ0n) is 29.1. The van der Waals surface area contributed by atoms with Gasteiger partial charge < -0.3 is 4.42 Å². The van der Waals surface area contributed by atoms with Crippen LogP contribution in [-0.4, -0.2) is 15.0 Å². The Labute approximate surface area is 312 Å². The monoisotopic (exact) mass is 689 g/mol. The first-order valence-electron chi connectivity index (χ1n) is 18.3. The van der Waals surface area contributed by atoms with Crippen LogP contribution in [0.2, 0.25) is 0 Å². The predicted molar refractivity (Wildman–Crippen MR) is 218 cm³/mol. The number of fused-ring (bicyclic) bond motifs is 8. The highest BCUT2D eigenvalue weighted by atomic mass is 16.3. The van der Waals surface area contributed by atoms with E-state index in [-0.39, 0.29) is 0 Å². The van der Waals surface area contributed by atoms with Crippen LogP contribution in [-0.2, 0) is 5.41 Å². The molecule has 0 saturated heterocycles. The molecular formula is C50H31N3O. The average molecular weight is 690 g/mol. The molecule has 10 aromatic rings. The topological polar surface area (TPSA) is 51.8 Å². The molecule has 54 heavy (non-hydrogen) atoms. The standard InChI is InChI=1S/C50H31N3O/c1-4-15-33(16-5-1)47-51-48(34-17-6-2-7-18-34)53-49(52-47)35-24-27-39-40-28-26-37(31-45(40)54-44(39)30-35)50(36-19-8-3-9-20-36)42-23-13-12-22-41(42)46-38-21-11-10-14-32(38)25-29-43(46)50/h1-31H. The summed E-state index contributed by atoms with van der Waals surface area (Å²) in [4.78, 5) is 14.8. The summed E-state index contributed by atoms with van der Waals surface area (Å²) in [7, 11) is 0. The van der Waals surface area contributed by atoms with Gasteiger partial charge in [0.15, 0.2) is 17.5 Å². The summed E-state index contributed by atoms with van der Waals surface area (Å²) in [5.74, 6) is 1.86. The second kappa shape index (κ2) is 11.9. The van der Waals surface area contributed by atoms with E-state index in [1.54, 1.807) is 0 Å². The van der Waals surface area contributed by atoms with Crippen molar-refractivity contribution in [2.75, 3.05) is 0 Å². The second-order valence-corrected chi connectivity index (χ2v) is 13.9. The first-order valence-corrected chi connectivity index (χ1v) is 18.3. The molecule has 1 atom stereocenters. The molecule has 1 unspecified atom stereocenters. The lowest BCUT2D eigenvalue weighted by molar-refractivity contribution is 0.665. The van der Waals surface area contributed by atoms with Crippen molar-refractivity contribution < 1.29 is 4.42 Å². The molecule has 0 aliphatic heterocycles. The van der Waals surface area contributed by atoms with Crippen LogP contribution in [0.1, 0.15) is 22.3 Å². The van der Waals surface area contributed by atoms with Gasteiger partial charge in [-0.15, -0.1) is 0 Å². The van der Waals surface area contributed by atoms with Crippen LogP contribution in [0.15, 0.2) is 192 Å². The fraction of sp³-hybridized carbons (Fsp3) is 0.0200. The Morgan fingerprint density at radius 1 is 0.370 bits per heavy atom. The quantitative estimate of drug-likeness (QED) is 0.180. The smallest absolute Gasteiger partial charge is 0.164 e. The molecule has 8 aromatic carbocycles. The normalized spacial score (nSPS) is 14.7. The SMILES string of the molecule is c1ccc(-c2nc(-c3ccccc3)nc(-c3ccc4c(c3)oc3cc(C5(c6ccccc6)c6ccccc6-c6c5ccc5ccccc65)ccc34)n2)cc1. The Bertz CT molecular complexity index is 2990. The van der Waals surface area contributed by atoms with Gasteiger partial charge in [-0.2, -0.15) is 0 Å². The molecule has 0 saturated carbocycles. The largest absolute Gasteiger partial charge is 0.456 e. The summed E-state index contributed by atoms with van der Waals surface area (Å²) >= 11 is 0. The fourth-order valence-electron chi connectivity index (χ4n) is 8.61. The molecule has 0 spiro atoms. The molecule has 4 heteroatoms. The molecule has 0 N–H and O–H groups in total.